The molecule has 0 aromatic rings. The minimum Gasteiger partial charge on any atom is -0.480 e. The van der Waals surface area contributed by atoms with Crippen molar-refractivity contribution >= 4 is 17.8 Å². The van der Waals surface area contributed by atoms with E-state index in [2.05, 4.69) is 12.2 Å². The number of carbonyl (C=O) groups excluding carboxylic acids is 2. The third-order valence-electron chi connectivity index (χ3n) is 6.57. The third-order valence-corrected chi connectivity index (χ3v) is 6.57. The van der Waals surface area contributed by atoms with E-state index in [1.165, 1.54) is 109 Å². The molecule has 0 rings (SSSR count). The molecular formula is C28H54N2O4. The van der Waals surface area contributed by atoms with Crippen LogP contribution < -0.4 is 11.1 Å². The molecule has 0 aromatic heterocycles. The van der Waals surface area contributed by atoms with Gasteiger partial charge in [-0.05, 0) is 12.8 Å². The Morgan fingerprint density at radius 2 is 0.971 bits per heavy atom. The zero-order valence-electron chi connectivity index (χ0n) is 22.1. The van der Waals surface area contributed by atoms with Gasteiger partial charge in [0.1, 0.15) is 6.04 Å². The van der Waals surface area contributed by atoms with Crippen molar-refractivity contribution in [1.29, 1.82) is 0 Å². The van der Waals surface area contributed by atoms with E-state index in [1.54, 1.807) is 0 Å². The first-order valence-electron chi connectivity index (χ1n) is 14.3. The molecule has 0 fully saturated rings. The Labute approximate surface area is 209 Å². The lowest BCUT2D eigenvalue weighted by Gasteiger charge is -2.13. The van der Waals surface area contributed by atoms with E-state index < -0.39 is 17.9 Å². The number of unbranched alkanes of at least 4 members (excludes halogenated alkanes) is 19. The molecule has 34 heavy (non-hydrogen) atoms. The maximum atomic E-state index is 11.9. The number of rotatable bonds is 26. The van der Waals surface area contributed by atoms with E-state index in [0.717, 1.165) is 19.3 Å². The van der Waals surface area contributed by atoms with Gasteiger partial charge in [-0.2, -0.15) is 0 Å². The van der Waals surface area contributed by atoms with Gasteiger partial charge in [0.2, 0.25) is 11.8 Å². The van der Waals surface area contributed by atoms with Crippen molar-refractivity contribution in [3.63, 3.8) is 0 Å². The number of hydrogen-bond donors (Lipinski definition) is 3. The van der Waals surface area contributed by atoms with Crippen LogP contribution in [0.5, 0.6) is 0 Å². The highest BCUT2D eigenvalue weighted by Crippen LogP contribution is 2.15. The second kappa shape index (κ2) is 24.5. The first kappa shape index (κ1) is 32.4. The highest BCUT2D eigenvalue weighted by molar-refractivity contribution is 5.84. The number of aliphatic carboxylic acids is 1. The second-order valence-electron chi connectivity index (χ2n) is 9.93. The fourth-order valence-electron chi connectivity index (χ4n) is 4.35. The van der Waals surface area contributed by atoms with Gasteiger partial charge in [0.15, 0.2) is 0 Å². The molecular weight excluding hydrogens is 428 g/mol. The molecule has 200 valence electrons. The van der Waals surface area contributed by atoms with Gasteiger partial charge >= 0.3 is 5.97 Å². The Balaban J connectivity index is 3.35. The highest BCUT2D eigenvalue weighted by Gasteiger charge is 2.20. The summed E-state index contributed by atoms with van der Waals surface area (Å²) in [6.07, 6.45) is 26.6. The van der Waals surface area contributed by atoms with Crippen molar-refractivity contribution in [3.05, 3.63) is 0 Å². The van der Waals surface area contributed by atoms with E-state index >= 15 is 0 Å². The van der Waals surface area contributed by atoms with Gasteiger partial charge in [-0.3, -0.25) is 9.59 Å². The summed E-state index contributed by atoms with van der Waals surface area (Å²) >= 11 is 0. The Kier molecular flexibility index (Phi) is 23.4. The van der Waals surface area contributed by atoms with Crippen molar-refractivity contribution in [2.45, 2.75) is 161 Å². The van der Waals surface area contributed by atoms with Crippen LogP contribution in [-0.4, -0.2) is 28.9 Å². The number of carbonyl (C=O) groups is 3. The summed E-state index contributed by atoms with van der Waals surface area (Å²) < 4.78 is 0. The summed E-state index contributed by atoms with van der Waals surface area (Å²) in [6.45, 7) is 2.27. The van der Waals surface area contributed by atoms with Crippen molar-refractivity contribution in [3.8, 4) is 0 Å². The minimum atomic E-state index is -1.13. The van der Waals surface area contributed by atoms with Gasteiger partial charge in [-0.15, -0.1) is 0 Å². The van der Waals surface area contributed by atoms with Crippen LogP contribution in [0.1, 0.15) is 155 Å². The summed E-state index contributed by atoms with van der Waals surface area (Å²) in [4.78, 5) is 33.8. The van der Waals surface area contributed by atoms with Crippen LogP contribution in [0.3, 0.4) is 0 Å². The number of amides is 2. The first-order chi connectivity index (χ1) is 16.5. The molecule has 0 unspecified atom stereocenters. The molecule has 0 spiro atoms. The summed E-state index contributed by atoms with van der Waals surface area (Å²) in [5, 5.41) is 11.6. The number of hydrogen-bond acceptors (Lipinski definition) is 3. The highest BCUT2D eigenvalue weighted by atomic mass is 16.4. The summed E-state index contributed by atoms with van der Waals surface area (Å²) in [5.41, 5.74) is 5.04. The van der Waals surface area contributed by atoms with Crippen LogP contribution in [0.15, 0.2) is 0 Å². The molecule has 0 aromatic carbocycles. The van der Waals surface area contributed by atoms with Gasteiger partial charge in [0.25, 0.3) is 0 Å². The zero-order chi connectivity index (χ0) is 25.3. The monoisotopic (exact) mass is 482 g/mol. The average Bonchev–Trinajstić information content (AvgIpc) is 2.80. The van der Waals surface area contributed by atoms with Gasteiger partial charge in [-0.1, -0.05) is 129 Å². The van der Waals surface area contributed by atoms with Gasteiger partial charge in [0.05, 0.1) is 0 Å². The number of nitrogens with one attached hydrogen (secondary N) is 1. The molecule has 0 aliphatic carbocycles. The van der Waals surface area contributed by atoms with Crippen molar-refractivity contribution in [1.82, 2.24) is 5.32 Å². The topological polar surface area (TPSA) is 109 Å². The van der Waals surface area contributed by atoms with Gasteiger partial charge < -0.3 is 16.2 Å². The maximum Gasteiger partial charge on any atom is 0.326 e. The molecule has 2 amide bonds. The standard InChI is InChI=1S/C28H54N2O4/c1-2-3-4-5-6-7-8-9-10-11-12-13-14-15-16-17-18-19-20-21-22-27(32)30-25(28(33)34)23-24-26(29)31/h25H,2-24H2,1H3,(H2,29,31)(H,30,32)(H,33,34)/t25-/m0/s1. The summed E-state index contributed by atoms with van der Waals surface area (Å²) in [5.74, 6) is -1.95. The quantitative estimate of drug-likeness (QED) is 0.115. The molecule has 0 saturated heterocycles. The van der Waals surface area contributed by atoms with Crippen LogP contribution in [-0.2, 0) is 14.4 Å². The fraction of sp³-hybridized carbons (Fsp3) is 0.893. The van der Waals surface area contributed by atoms with Crippen LogP contribution in [0.2, 0.25) is 0 Å². The minimum absolute atomic E-state index is 0.0374. The third kappa shape index (κ3) is 23.6. The largest absolute Gasteiger partial charge is 0.480 e. The molecule has 6 heteroatoms. The maximum absolute atomic E-state index is 11.9. The van der Waals surface area contributed by atoms with Crippen LogP contribution in [0.25, 0.3) is 0 Å². The second-order valence-corrected chi connectivity index (χ2v) is 9.93. The van der Waals surface area contributed by atoms with Gasteiger partial charge in [-0.25, -0.2) is 4.79 Å². The van der Waals surface area contributed by atoms with E-state index in [4.69, 9.17) is 10.8 Å². The Morgan fingerprint density at radius 3 is 1.29 bits per heavy atom. The van der Waals surface area contributed by atoms with Crippen LogP contribution >= 0.6 is 0 Å². The SMILES string of the molecule is CCCCCCCCCCCCCCCCCCCCCCC(=O)N[C@@H](CCC(N)=O)C(=O)O. The Hall–Kier alpha value is -1.59. The molecule has 4 N–H and O–H groups in total. The number of carboxylic acids is 1. The molecule has 0 aliphatic heterocycles. The van der Waals surface area contributed by atoms with Gasteiger partial charge in [0, 0.05) is 12.8 Å². The normalized spacial score (nSPS) is 11.9. The Bertz CT molecular complexity index is 511. The molecule has 0 heterocycles. The van der Waals surface area contributed by atoms with E-state index in [9.17, 15) is 14.4 Å². The molecule has 1 atom stereocenters. The lowest BCUT2D eigenvalue weighted by atomic mass is 10.0. The number of carboxylic acid groups (broad SMARTS) is 1. The molecule has 0 aliphatic rings. The molecule has 0 saturated carbocycles. The van der Waals surface area contributed by atoms with Crippen LogP contribution in [0, 0.1) is 0 Å². The van der Waals surface area contributed by atoms with E-state index in [0.29, 0.717) is 6.42 Å². The Morgan fingerprint density at radius 1 is 0.618 bits per heavy atom. The summed E-state index contributed by atoms with van der Waals surface area (Å²) in [6, 6.07) is -1.04. The number of nitrogens with two attached hydrogens (primary N) is 1. The smallest absolute Gasteiger partial charge is 0.326 e. The van der Waals surface area contributed by atoms with Crippen molar-refractivity contribution in [2.75, 3.05) is 0 Å². The first-order valence-corrected chi connectivity index (χ1v) is 14.3. The fourth-order valence-corrected chi connectivity index (χ4v) is 4.35. The lowest BCUT2D eigenvalue weighted by Crippen LogP contribution is -2.41. The van der Waals surface area contributed by atoms with Crippen molar-refractivity contribution < 1.29 is 19.5 Å². The van der Waals surface area contributed by atoms with E-state index in [1.807, 2.05) is 0 Å². The predicted molar refractivity (Wildman–Crippen MR) is 141 cm³/mol. The predicted octanol–water partition coefficient (Wildman–Crippen LogP) is 7.03. The van der Waals surface area contributed by atoms with Crippen LogP contribution in [0.4, 0.5) is 0 Å². The van der Waals surface area contributed by atoms with Crippen molar-refractivity contribution in [2.24, 2.45) is 5.73 Å². The molecule has 0 bridgehead atoms. The lowest BCUT2D eigenvalue weighted by molar-refractivity contribution is -0.142. The average molecular weight is 483 g/mol. The molecule has 6 nitrogen and oxygen atoms in total. The number of primary amides is 1. The molecule has 0 radical (unpaired) electrons. The zero-order valence-corrected chi connectivity index (χ0v) is 22.1. The summed E-state index contributed by atoms with van der Waals surface area (Å²) in [7, 11) is 0. The van der Waals surface area contributed by atoms with E-state index in [-0.39, 0.29) is 18.7 Å².